The van der Waals surface area contributed by atoms with E-state index in [1.54, 1.807) is 6.08 Å². The highest BCUT2D eigenvalue weighted by molar-refractivity contribution is 5.91. The molecule has 1 aromatic rings. The molecule has 2 heteroatoms. The van der Waals surface area contributed by atoms with Crippen LogP contribution in [0, 0.1) is 5.92 Å². The van der Waals surface area contributed by atoms with E-state index >= 15 is 0 Å². The van der Waals surface area contributed by atoms with E-state index in [2.05, 4.69) is 45.1 Å². The van der Waals surface area contributed by atoms with Crippen molar-refractivity contribution in [1.82, 2.24) is 5.32 Å². The van der Waals surface area contributed by atoms with Gasteiger partial charge in [-0.2, -0.15) is 0 Å². The molecule has 0 aliphatic rings. The number of benzene rings is 1. The third-order valence-electron chi connectivity index (χ3n) is 3.05. The molecule has 0 aromatic heterocycles. The topological polar surface area (TPSA) is 29.1 Å². The van der Waals surface area contributed by atoms with Crippen LogP contribution in [0.4, 0.5) is 0 Å². The van der Waals surface area contributed by atoms with Gasteiger partial charge in [0, 0.05) is 12.6 Å². The average Bonchev–Trinajstić information content (AvgIpc) is 2.36. The minimum atomic E-state index is -0.0198. The molecule has 0 aliphatic carbocycles. The number of carbonyl (C=O) groups is 1. The Morgan fingerprint density at radius 1 is 1.16 bits per heavy atom. The fourth-order valence-corrected chi connectivity index (χ4v) is 1.71. The molecule has 0 atom stereocenters. The SMILES string of the molecule is CC(C)CCNC(=O)/C=C/c1ccc(C(C)C)cc1. The van der Waals surface area contributed by atoms with Crippen LogP contribution in [0.25, 0.3) is 6.08 Å². The van der Waals surface area contributed by atoms with Gasteiger partial charge in [0.15, 0.2) is 0 Å². The van der Waals surface area contributed by atoms with Crippen LogP contribution in [-0.4, -0.2) is 12.5 Å². The zero-order chi connectivity index (χ0) is 14.3. The zero-order valence-electron chi connectivity index (χ0n) is 12.4. The maximum Gasteiger partial charge on any atom is 0.243 e. The van der Waals surface area contributed by atoms with Crippen LogP contribution in [0.1, 0.15) is 51.2 Å². The lowest BCUT2D eigenvalue weighted by Gasteiger charge is -2.05. The first-order chi connectivity index (χ1) is 8.99. The van der Waals surface area contributed by atoms with Gasteiger partial charge < -0.3 is 5.32 Å². The van der Waals surface area contributed by atoms with Gasteiger partial charge in [-0.25, -0.2) is 0 Å². The fourth-order valence-electron chi connectivity index (χ4n) is 1.71. The normalized spacial score (nSPS) is 11.5. The van der Waals surface area contributed by atoms with Crippen molar-refractivity contribution in [2.24, 2.45) is 5.92 Å². The molecule has 19 heavy (non-hydrogen) atoms. The van der Waals surface area contributed by atoms with E-state index in [9.17, 15) is 4.79 Å². The summed E-state index contributed by atoms with van der Waals surface area (Å²) in [6.45, 7) is 9.39. The van der Waals surface area contributed by atoms with E-state index in [4.69, 9.17) is 0 Å². The average molecular weight is 259 g/mol. The lowest BCUT2D eigenvalue weighted by Crippen LogP contribution is -2.23. The molecule has 0 saturated carbocycles. The highest BCUT2D eigenvalue weighted by Crippen LogP contribution is 2.15. The van der Waals surface area contributed by atoms with Crippen LogP contribution >= 0.6 is 0 Å². The molecular formula is C17H25NO. The predicted octanol–water partition coefficient (Wildman–Crippen LogP) is 3.99. The van der Waals surface area contributed by atoms with Gasteiger partial charge in [-0.1, -0.05) is 52.0 Å². The summed E-state index contributed by atoms with van der Waals surface area (Å²) in [4.78, 5) is 11.6. The molecule has 0 spiro atoms. The Balaban J connectivity index is 2.45. The first-order valence-electron chi connectivity index (χ1n) is 7.05. The molecule has 104 valence electrons. The first-order valence-corrected chi connectivity index (χ1v) is 7.05. The van der Waals surface area contributed by atoms with Crippen molar-refractivity contribution in [3.8, 4) is 0 Å². The highest BCUT2D eigenvalue weighted by Gasteiger charge is 1.99. The molecule has 0 aliphatic heterocycles. The van der Waals surface area contributed by atoms with Gasteiger partial charge in [-0.15, -0.1) is 0 Å². The molecule has 1 N–H and O–H groups in total. The van der Waals surface area contributed by atoms with Crippen LogP contribution in [-0.2, 0) is 4.79 Å². The van der Waals surface area contributed by atoms with Crippen molar-refractivity contribution in [2.75, 3.05) is 6.54 Å². The Morgan fingerprint density at radius 3 is 2.32 bits per heavy atom. The van der Waals surface area contributed by atoms with E-state index in [0.717, 1.165) is 18.5 Å². The van der Waals surface area contributed by atoms with Crippen LogP contribution in [0.5, 0.6) is 0 Å². The molecule has 0 heterocycles. The maximum absolute atomic E-state index is 11.6. The number of hydrogen-bond donors (Lipinski definition) is 1. The number of hydrogen-bond acceptors (Lipinski definition) is 1. The lowest BCUT2D eigenvalue weighted by molar-refractivity contribution is -0.116. The predicted molar refractivity (Wildman–Crippen MR) is 82.0 cm³/mol. The molecule has 2 nitrogen and oxygen atoms in total. The standard InChI is InChI=1S/C17H25NO/c1-13(2)11-12-18-17(19)10-7-15-5-8-16(9-6-15)14(3)4/h5-10,13-14H,11-12H2,1-4H3,(H,18,19)/b10-7+. The molecule has 1 amide bonds. The molecule has 0 bridgehead atoms. The van der Waals surface area contributed by atoms with Crippen molar-refractivity contribution in [3.63, 3.8) is 0 Å². The Morgan fingerprint density at radius 2 is 1.79 bits per heavy atom. The second-order valence-electron chi connectivity index (χ2n) is 5.63. The summed E-state index contributed by atoms with van der Waals surface area (Å²) in [5, 5.41) is 2.89. The van der Waals surface area contributed by atoms with Gasteiger partial charge in [0.1, 0.15) is 0 Å². The molecule has 0 unspecified atom stereocenters. The van der Waals surface area contributed by atoms with E-state index in [1.165, 1.54) is 5.56 Å². The summed E-state index contributed by atoms with van der Waals surface area (Å²) >= 11 is 0. The lowest BCUT2D eigenvalue weighted by atomic mass is 10.0. The summed E-state index contributed by atoms with van der Waals surface area (Å²) in [5.41, 5.74) is 2.38. The molecular weight excluding hydrogens is 234 g/mol. The minimum absolute atomic E-state index is 0.0198. The fraction of sp³-hybridized carbons (Fsp3) is 0.471. The Bertz CT molecular complexity index is 415. The largest absolute Gasteiger partial charge is 0.353 e. The Hall–Kier alpha value is -1.57. The number of carbonyl (C=O) groups excluding carboxylic acids is 1. The second-order valence-corrected chi connectivity index (χ2v) is 5.63. The van der Waals surface area contributed by atoms with Crippen LogP contribution in [0.2, 0.25) is 0 Å². The van der Waals surface area contributed by atoms with Crippen molar-refractivity contribution in [3.05, 3.63) is 41.5 Å². The Labute approximate surface area is 116 Å². The summed E-state index contributed by atoms with van der Waals surface area (Å²) < 4.78 is 0. The highest BCUT2D eigenvalue weighted by atomic mass is 16.1. The van der Waals surface area contributed by atoms with Crippen LogP contribution < -0.4 is 5.32 Å². The van der Waals surface area contributed by atoms with Crippen LogP contribution in [0.3, 0.4) is 0 Å². The minimum Gasteiger partial charge on any atom is -0.353 e. The quantitative estimate of drug-likeness (QED) is 0.769. The van der Waals surface area contributed by atoms with Crippen molar-refractivity contribution in [1.29, 1.82) is 0 Å². The third-order valence-corrected chi connectivity index (χ3v) is 3.05. The number of amides is 1. The molecule has 0 saturated heterocycles. The van der Waals surface area contributed by atoms with Gasteiger partial charge >= 0.3 is 0 Å². The Kier molecular flexibility index (Phi) is 6.34. The van der Waals surface area contributed by atoms with E-state index < -0.39 is 0 Å². The summed E-state index contributed by atoms with van der Waals surface area (Å²) in [7, 11) is 0. The third kappa shape index (κ3) is 6.23. The zero-order valence-corrected chi connectivity index (χ0v) is 12.4. The van der Waals surface area contributed by atoms with Crippen molar-refractivity contribution in [2.45, 2.75) is 40.0 Å². The summed E-state index contributed by atoms with van der Waals surface area (Å²) in [6, 6.07) is 8.32. The van der Waals surface area contributed by atoms with E-state index in [-0.39, 0.29) is 5.91 Å². The van der Waals surface area contributed by atoms with Crippen LogP contribution in [0.15, 0.2) is 30.3 Å². The van der Waals surface area contributed by atoms with Crippen molar-refractivity contribution >= 4 is 12.0 Å². The van der Waals surface area contributed by atoms with Gasteiger partial charge in [0.2, 0.25) is 5.91 Å². The first kappa shape index (κ1) is 15.5. The molecule has 1 aromatic carbocycles. The number of rotatable bonds is 6. The van der Waals surface area contributed by atoms with Gasteiger partial charge in [0.25, 0.3) is 0 Å². The van der Waals surface area contributed by atoms with Gasteiger partial charge in [0.05, 0.1) is 0 Å². The molecule has 0 fully saturated rings. The van der Waals surface area contributed by atoms with Gasteiger partial charge in [-0.05, 0) is 35.5 Å². The van der Waals surface area contributed by atoms with E-state index in [0.29, 0.717) is 11.8 Å². The van der Waals surface area contributed by atoms with Crippen molar-refractivity contribution < 1.29 is 4.79 Å². The molecule has 1 rings (SSSR count). The number of nitrogens with one attached hydrogen (secondary N) is 1. The van der Waals surface area contributed by atoms with Gasteiger partial charge in [-0.3, -0.25) is 4.79 Å². The summed E-state index contributed by atoms with van der Waals surface area (Å²) in [6.07, 6.45) is 4.47. The second kappa shape index (κ2) is 7.78. The van der Waals surface area contributed by atoms with E-state index in [1.807, 2.05) is 18.2 Å². The monoisotopic (exact) mass is 259 g/mol. The molecule has 0 radical (unpaired) electrons. The maximum atomic E-state index is 11.6. The smallest absolute Gasteiger partial charge is 0.243 e. The summed E-state index contributed by atoms with van der Waals surface area (Å²) in [5.74, 6) is 1.14.